The molecule has 10 heteroatoms. The molecule has 1 fully saturated rings. The molecule has 1 amide bonds. The van der Waals surface area contributed by atoms with Gasteiger partial charge in [0.15, 0.2) is 0 Å². The van der Waals surface area contributed by atoms with Crippen LogP contribution in [0.5, 0.6) is 5.75 Å². The number of fused-ring (bicyclic) bond motifs is 3. The van der Waals surface area contributed by atoms with Crippen LogP contribution >= 0.6 is 11.6 Å². The van der Waals surface area contributed by atoms with E-state index in [1.54, 1.807) is 25.1 Å². The van der Waals surface area contributed by atoms with E-state index in [1.807, 2.05) is 44.1 Å². The van der Waals surface area contributed by atoms with Crippen molar-refractivity contribution in [3.05, 3.63) is 58.1 Å². The fourth-order valence-corrected chi connectivity index (χ4v) is 8.12. The highest BCUT2D eigenvalue weighted by atomic mass is 35.5. The summed E-state index contributed by atoms with van der Waals surface area (Å²) in [7, 11) is -0.0831. The standard InChI is InChI=1S/C33H44ClN3O5S/c1-21-15-28(36(3)4)18-31(38)29-12-9-25(29)19-37-14-6-5-7-23-16-27(34)11-8-26(23)20-42-32-13-10-24(17-30(32)37)33(39)35-43(40,41)22(21)2/h8,10-11,13,16-17,21-22,25,28-29H,5-7,9,12,14-15,18-20H2,1-4H3,(H,35,39)/t21-,22+,25-,28+,29+/m0/s1. The summed E-state index contributed by atoms with van der Waals surface area (Å²) in [6.45, 7) is 5.26. The van der Waals surface area contributed by atoms with Crippen LogP contribution in [0.3, 0.4) is 0 Å². The molecule has 1 N–H and O–H groups in total. The highest BCUT2D eigenvalue weighted by Gasteiger charge is 2.39. The molecule has 5 rings (SSSR count). The zero-order valence-corrected chi connectivity index (χ0v) is 27.2. The van der Waals surface area contributed by atoms with Crippen LogP contribution in [-0.4, -0.2) is 63.5 Å². The van der Waals surface area contributed by atoms with E-state index in [0.29, 0.717) is 36.8 Å². The van der Waals surface area contributed by atoms with Crippen LogP contribution in [0.2, 0.25) is 5.02 Å². The molecule has 5 atom stereocenters. The first kappa shape index (κ1) is 31.8. The van der Waals surface area contributed by atoms with Crippen LogP contribution in [0.25, 0.3) is 0 Å². The SMILES string of the molecule is C[C@@H]1[C@@H](C)C[C@@H](N(C)C)CC(=O)[C@@H]2CC[C@H]2CN2CCCCc3cc(Cl)ccc3COc3ccc(cc32)C(=O)NS1(=O)=O. The minimum Gasteiger partial charge on any atom is -0.487 e. The van der Waals surface area contributed by atoms with Crippen LogP contribution in [0.1, 0.15) is 73.9 Å². The normalized spacial score (nSPS) is 28.4. The molecule has 2 bridgehead atoms. The van der Waals surface area contributed by atoms with Crippen molar-refractivity contribution in [2.75, 3.05) is 32.1 Å². The third-order valence-corrected chi connectivity index (χ3v) is 12.0. The second kappa shape index (κ2) is 13.2. The number of halogens is 1. The van der Waals surface area contributed by atoms with E-state index in [2.05, 4.69) is 9.62 Å². The van der Waals surface area contributed by atoms with Crippen LogP contribution in [0.4, 0.5) is 5.69 Å². The van der Waals surface area contributed by atoms with Gasteiger partial charge >= 0.3 is 0 Å². The summed E-state index contributed by atoms with van der Waals surface area (Å²) in [6, 6.07) is 10.9. The number of ketones is 1. The zero-order chi connectivity index (χ0) is 30.9. The quantitative estimate of drug-likeness (QED) is 0.447. The maximum atomic E-state index is 13.7. The Morgan fingerprint density at radius 2 is 1.81 bits per heavy atom. The van der Waals surface area contributed by atoms with E-state index in [-0.39, 0.29) is 35.1 Å². The lowest BCUT2D eigenvalue weighted by atomic mass is 9.69. The molecule has 3 aliphatic rings. The minimum absolute atomic E-state index is 0.0211. The average Bonchev–Trinajstić information content (AvgIpc) is 2.96. The van der Waals surface area contributed by atoms with Gasteiger partial charge < -0.3 is 14.5 Å². The maximum Gasteiger partial charge on any atom is 0.264 e. The molecule has 1 aliphatic carbocycles. The molecule has 0 saturated heterocycles. The molecule has 8 nitrogen and oxygen atoms in total. The molecule has 2 aliphatic heterocycles. The van der Waals surface area contributed by atoms with Gasteiger partial charge in [-0.2, -0.15) is 0 Å². The van der Waals surface area contributed by atoms with Crippen molar-refractivity contribution in [2.45, 2.75) is 76.7 Å². The van der Waals surface area contributed by atoms with Gasteiger partial charge in [-0.05, 0) is 113 Å². The Hall–Kier alpha value is -2.62. The van der Waals surface area contributed by atoms with E-state index in [9.17, 15) is 18.0 Å². The number of sulfonamides is 1. The van der Waals surface area contributed by atoms with Gasteiger partial charge in [0.2, 0.25) is 10.0 Å². The summed E-state index contributed by atoms with van der Waals surface area (Å²) >= 11 is 6.31. The van der Waals surface area contributed by atoms with Gasteiger partial charge in [0.05, 0.1) is 10.9 Å². The maximum absolute atomic E-state index is 13.7. The second-order valence-electron chi connectivity index (χ2n) is 12.9. The van der Waals surface area contributed by atoms with Crippen LogP contribution in [0, 0.1) is 17.8 Å². The number of ether oxygens (including phenoxy) is 1. The van der Waals surface area contributed by atoms with Crippen molar-refractivity contribution in [1.29, 1.82) is 0 Å². The number of benzene rings is 2. The van der Waals surface area contributed by atoms with Crippen LogP contribution < -0.4 is 14.4 Å². The lowest BCUT2D eigenvalue weighted by molar-refractivity contribution is -0.129. The molecule has 1 saturated carbocycles. The third kappa shape index (κ3) is 7.21. The Kier molecular flexibility index (Phi) is 9.73. The number of nitrogens with one attached hydrogen (secondary N) is 1. The highest BCUT2D eigenvalue weighted by Crippen LogP contribution is 2.40. The number of rotatable bonds is 1. The number of Topliss-reactive ketones (excluding diaryl/α,β-unsaturated/α-hetero) is 1. The van der Waals surface area contributed by atoms with Gasteiger partial charge in [-0.25, -0.2) is 13.1 Å². The van der Waals surface area contributed by atoms with Crippen molar-refractivity contribution in [3.63, 3.8) is 0 Å². The van der Waals surface area contributed by atoms with Crippen molar-refractivity contribution < 1.29 is 22.7 Å². The highest BCUT2D eigenvalue weighted by molar-refractivity contribution is 7.90. The molecular formula is C33H44ClN3O5S. The minimum atomic E-state index is -3.97. The second-order valence-corrected chi connectivity index (χ2v) is 15.4. The number of carbonyl (C=O) groups is 2. The molecule has 2 aromatic rings. The van der Waals surface area contributed by atoms with Gasteiger partial charge in [0.1, 0.15) is 18.1 Å². The number of amides is 1. The van der Waals surface area contributed by atoms with Crippen molar-refractivity contribution >= 4 is 39.0 Å². The van der Waals surface area contributed by atoms with E-state index >= 15 is 0 Å². The van der Waals surface area contributed by atoms with E-state index in [1.165, 1.54) is 0 Å². The lowest BCUT2D eigenvalue weighted by Gasteiger charge is -2.41. The first-order chi connectivity index (χ1) is 20.4. The molecule has 0 radical (unpaired) electrons. The summed E-state index contributed by atoms with van der Waals surface area (Å²) in [5.74, 6) is 0.168. The fourth-order valence-electron chi connectivity index (χ4n) is 6.64. The van der Waals surface area contributed by atoms with E-state index < -0.39 is 21.2 Å². The number of anilines is 1. The summed E-state index contributed by atoms with van der Waals surface area (Å²) in [4.78, 5) is 31.3. The lowest BCUT2D eigenvalue weighted by Crippen LogP contribution is -2.45. The van der Waals surface area contributed by atoms with E-state index in [0.717, 1.165) is 55.5 Å². The molecule has 2 aromatic carbocycles. The summed E-state index contributed by atoms with van der Waals surface area (Å²) < 4.78 is 35.4. The first-order valence-electron chi connectivity index (χ1n) is 15.5. The smallest absolute Gasteiger partial charge is 0.264 e. The van der Waals surface area contributed by atoms with Crippen LogP contribution in [-0.2, 0) is 27.8 Å². The summed E-state index contributed by atoms with van der Waals surface area (Å²) in [5, 5.41) is -0.113. The molecule has 0 aromatic heterocycles. The Labute approximate surface area is 261 Å². The number of hydrogen-bond acceptors (Lipinski definition) is 7. The van der Waals surface area contributed by atoms with Crippen molar-refractivity contribution in [2.24, 2.45) is 17.8 Å². The van der Waals surface area contributed by atoms with Crippen molar-refractivity contribution in [1.82, 2.24) is 9.62 Å². The first-order valence-corrected chi connectivity index (χ1v) is 17.4. The number of nitrogens with zero attached hydrogens (tertiary/aromatic N) is 2. The fraction of sp³-hybridized carbons (Fsp3) is 0.576. The predicted octanol–water partition coefficient (Wildman–Crippen LogP) is 5.47. The Balaban J connectivity index is 1.54. The summed E-state index contributed by atoms with van der Waals surface area (Å²) in [5.41, 5.74) is 3.24. The zero-order valence-electron chi connectivity index (χ0n) is 25.6. The summed E-state index contributed by atoms with van der Waals surface area (Å²) in [6.07, 6.45) is 5.52. The Morgan fingerprint density at radius 1 is 1.02 bits per heavy atom. The van der Waals surface area contributed by atoms with Gasteiger partial charge in [-0.15, -0.1) is 0 Å². The Bertz CT molecular complexity index is 1460. The predicted molar refractivity (Wildman–Crippen MR) is 170 cm³/mol. The molecule has 0 unspecified atom stereocenters. The van der Waals surface area contributed by atoms with Crippen LogP contribution in [0.15, 0.2) is 36.4 Å². The van der Waals surface area contributed by atoms with Gasteiger partial charge in [-0.3, -0.25) is 9.59 Å². The van der Waals surface area contributed by atoms with Gasteiger partial charge in [0, 0.05) is 42.1 Å². The van der Waals surface area contributed by atoms with E-state index in [4.69, 9.17) is 16.3 Å². The Morgan fingerprint density at radius 3 is 2.53 bits per heavy atom. The number of aryl methyl sites for hydroxylation is 1. The molecule has 234 valence electrons. The number of carbonyl (C=O) groups excluding carboxylic acids is 2. The molecule has 0 spiro atoms. The van der Waals surface area contributed by atoms with Gasteiger partial charge in [-0.1, -0.05) is 24.6 Å². The topological polar surface area (TPSA) is 96.0 Å². The number of hydrogen-bond donors (Lipinski definition) is 1. The third-order valence-electron chi connectivity index (χ3n) is 9.86. The molecule has 2 heterocycles. The molecule has 43 heavy (non-hydrogen) atoms. The average molecular weight is 630 g/mol. The van der Waals surface area contributed by atoms with Gasteiger partial charge in [0.25, 0.3) is 5.91 Å². The van der Waals surface area contributed by atoms with Crippen molar-refractivity contribution in [3.8, 4) is 5.75 Å². The molecular weight excluding hydrogens is 586 g/mol. The largest absolute Gasteiger partial charge is 0.487 e. The monoisotopic (exact) mass is 629 g/mol.